The Hall–Kier alpha value is -7.76. The van der Waals surface area contributed by atoms with E-state index in [1.54, 1.807) is 43.4 Å². The molecule has 0 spiro atoms. The van der Waals surface area contributed by atoms with Gasteiger partial charge in [-0.1, -0.05) is 57.2 Å². The Morgan fingerprint density at radius 1 is 0.805 bits per heavy atom. The average molecular weight is 1210 g/mol. The van der Waals surface area contributed by atoms with Crippen molar-refractivity contribution >= 4 is 60.3 Å². The van der Waals surface area contributed by atoms with Gasteiger partial charge in [-0.25, -0.2) is 4.98 Å². The van der Waals surface area contributed by atoms with Gasteiger partial charge in [0.25, 0.3) is 11.8 Å². The van der Waals surface area contributed by atoms with Crippen LogP contribution < -0.4 is 20.3 Å². The van der Waals surface area contributed by atoms with E-state index in [2.05, 4.69) is 50.1 Å². The zero-order chi connectivity index (χ0) is 63.4. The first kappa shape index (κ1) is 60.9. The highest BCUT2D eigenvalue weighted by atomic mass is 28.4. The number of benzene rings is 3. The second-order valence-electron chi connectivity index (χ2n) is 27.5. The summed E-state index contributed by atoms with van der Waals surface area (Å²) in [7, 11) is 11.8. The zero-order valence-electron chi connectivity index (χ0n) is 51.9. The van der Waals surface area contributed by atoms with Crippen LogP contribution in [0, 0.1) is 35.0 Å². The molecule has 0 radical (unpaired) electrons. The Balaban J connectivity index is 0.000000184. The summed E-state index contributed by atoms with van der Waals surface area (Å²) in [5.74, 6) is -7.48. The maximum atomic E-state index is 15.8. The molecule has 0 unspecified atom stereocenters. The lowest BCUT2D eigenvalue weighted by atomic mass is 9.51. The molecule has 2 heterocycles. The predicted octanol–water partition coefficient (Wildman–Crippen LogP) is 6.89. The van der Waals surface area contributed by atoms with E-state index < -0.39 is 100 Å². The van der Waals surface area contributed by atoms with Crippen LogP contribution in [0.3, 0.4) is 0 Å². The molecule has 7 aliphatic carbocycles. The third-order valence-electron chi connectivity index (χ3n) is 20.6. The van der Waals surface area contributed by atoms with Crippen molar-refractivity contribution in [3.05, 3.63) is 135 Å². The van der Waals surface area contributed by atoms with E-state index in [0.717, 1.165) is 22.4 Å². The number of fused-ring (bicyclic) bond motifs is 6. The number of rotatable bonds is 12. The highest BCUT2D eigenvalue weighted by Gasteiger charge is 2.87. The first-order valence-corrected chi connectivity index (χ1v) is 32.2. The van der Waals surface area contributed by atoms with E-state index in [4.69, 9.17) is 19.4 Å². The second-order valence-corrected chi connectivity index (χ2v) is 32.3. The number of anilines is 2. The minimum absolute atomic E-state index is 0.0422. The van der Waals surface area contributed by atoms with Gasteiger partial charge in [0.05, 0.1) is 24.0 Å². The van der Waals surface area contributed by atoms with Crippen LogP contribution in [0.4, 0.5) is 11.4 Å². The molecule has 460 valence electrons. The molecule has 3 aromatic carbocycles. The number of ether oxygens (including phenoxy) is 1. The molecule has 5 aromatic rings. The summed E-state index contributed by atoms with van der Waals surface area (Å²) >= 11 is 0. The minimum Gasteiger partial charge on any atom is -0.508 e. The molecule has 1 amide bonds. The zero-order valence-corrected chi connectivity index (χ0v) is 52.9. The second kappa shape index (κ2) is 20.4. The number of aryl methyl sites for hydroxylation is 1. The van der Waals surface area contributed by atoms with E-state index in [1.165, 1.54) is 11.0 Å². The van der Waals surface area contributed by atoms with Gasteiger partial charge in [0.1, 0.15) is 40.4 Å². The van der Waals surface area contributed by atoms with Crippen LogP contribution >= 0.6 is 0 Å². The van der Waals surface area contributed by atoms with Crippen molar-refractivity contribution in [1.82, 2.24) is 24.5 Å². The molecule has 12 rings (SSSR count). The number of imidazole rings is 1. The molecule has 7 aliphatic rings. The molecule has 3 fully saturated rings. The highest BCUT2D eigenvalue weighted by molar-refractivity contribution is 6.74. The molecule has 21 nitrogen and oxygen atoms in total. The van der Waals surface area contributed by atoms with Gasteiger partial charge in [-0.05, 0) is 136 Å². The van der Waals surface area contributed by atoms with Gasteiger partial charge in [-0.2, -0.15) is 0 Å². The number of carbonyl (C=O) groups excluding carboxylic acids is 6. The summed E-state index contributed by atoms with van der Waals surface area (Å²) in [6, 6.07) is 15.1. The van der Waals surface area contributed by atoms with Crippen LogP contribution in [0.15, 0.2) is 94.7 Å². The lowest BCUT2D eigenvalue weighted by Crippen LogP contribution is -2.70. The van der Waals surface area contributed by atoms with E-state index in [0.29, 0.717) is 41.8 Å². The number of hydrogen-bond acceptors (Lipinski definition) is 19. The van der Waals surface area contributed by atoms with Crippen LogP contribution in [-0.2, 0) is 49.6 Å². The Morgan fingerprint density at radius 2 is 1.44 bits per heavy atom. The molecule has 0 aliphatic heterocycles. The number of likely N-dealkylation sites (N-methyl/N-ethyl adjacent to an activating group) is 1. The number of phenolic OH excluding ortho intramolecular Hbond substituents is 1. The molecule has 9 atom stereocenters. The van der Waals surface area contributed by atoms with Crippen molar-refractivity contribution in [2.75, 3.05) is 66.2 Å². The van der Waals surface area contributed by atoms with Crippen LogP contribution in [0.1, 0.15) is 100 Å². The van der Waals surface area contributed by atoms with Crippen molar-refractivity contribution in [3.8, 4) is 11.6 Å². The van der Waals surface area contributed by atoms with E-state index in [9.17, 15) is 39.6 Å². The number of Topliss-reactive ketones (excluding diaryl/α,β-unsaturated/α-hetero) is 5. The normalized spacial score (nSPS) is 28.8. The fourth-order valence-electron chi connectivity index (χ4n) is 15.6. The van der Waals surface area contributed by atoms with Crippen molar-refractivity contribution in [2.24, 2.45) is 33.8 Å². The molecule has 87 heavy (non-hydrogen) atoms. The summed E-state index contributed by atoms with van der Waals surface area (Å²) in [6.07, 6.45) is 6.38. The van der Waals surface area contributed by atoms with Gasteiger partial charge in [0.15, 0.2) is 42.6 Å². The Labute approximate surface area is 506 Å². The first-order valence-electron chi connectivity index (χ1n) is 29.3. The number of ketones is 5. The molecule has 0 bridgehead atoms. The minimum atomic E-state index is -2.82. The SMILES string of the molecule is CN(C)c1ccc(O)c2c1C[C@@]1(Cn3ccnc3)C[C@H]3[C@H](N(C)C)C(=O)C(C(N)=O)=C(O)[C@@]3(O)C(=O)C1=C2O.Cc1ccc(N(C)C)c2c1C(=O)[C@@]13C[C@]1(C2)C[C@H]1[C@H](N(C)C)c2onc(OCc4ccccc4)c2C(=O)[C@@]1(O[Si](C)(C)C(C)(C)C)C3=O. The summed E-state index contributed by atoms with van der Waals surface area (Å²) in [4.78, 5) is 97.7. The lowest BCUT2D eigenvalue weighted by molar-refractivity contribution is -0.157. The summed E-state index contributed by atoms with van der Waals surface area (Å²) in [5, 5.41) is 49.5. The molecular formula is C65H78N8O13Si. The number of aromatic nitrogens is 3. The van der Waals surface area contributed by atoms with E-state index >= 15 is 9.59 Å². The number of aliphatic hydroxyl groups excluding tert-OH is 2. The molecular weight excluding hydrogens is 1130 g/mol. The van der Waals surface area contributed by atoms with Crippen molar-refractivity contribution < 1.29 is 62.9 Å². The van der Waals surface area contributed by atoms with Gasteiger partial charge in [-0.15, -0.1) is 0 Å². The van der Waals surface area contributed by atoms with Gasteiger partial charge in [0.2, 0.25) is 11.6 Å². The quantitative estimate of drug-likeness (QED) is 0.0483. The van der Waals surface area contributed by atoms with Crippen LogP contribution in [0.25, 0.3) is 5.76 Å². The molecule has 3 saturated carbocycles. The number of carbonyl (C=O) groups is 6. The summed E-state index contributed by atoms with van der Waals surface area (Å²) in [6.45, 7) is 12.7. The number of phenols is 1. The van der Waals surface area contributed by atoms with Crippen molar-refractivity contribution in [3.63, 3.8) is 0 Å². The van der Waals surface area contributed by atoms with Gasteiger partial charge in [0, 0.05) is 86.9 Å². The predicted molar refractivity (Wildman–Crippen MR) is 325 cm³/mol. The maximum absolute atomic E-state index is 15.8. The average Bonchev–Trinajstić information content (AvgIpc) is 1.49. The Morgan fingerprint density at radius 3 is 2.02 bits per heavy atom. The van der Waals surface area contributed by atoms with Crippen molar-refractivity contribution in [2.45, 2.75) is 114 Å². The van der Waals surface area contributed by atoms with Crippen LogP contribution in [0.5, 0.6) is 11.6 Å². The number of nitrogens with zero attached hydrogens (tertiary/aromatic N) is 7. The fourth-order valence-corrected chi connectivity index (χ4v) is 17.0. The van der Waals surface area contributed by atoms with Crippen LogP contribution in [-0.4, -0.2) is 162 Å². The largest absolute Gasteiger partial charge is 0.508 e. The molecule has 6 N–H and O–H groups in total. The van der Waals surface area contributed by atoms with Gasteiger partial charge in [-0.3, -0.25) is 38.6 Å². The summed E-state index contributed by atoms with van der Waals surface area (Å²) in [5.41, 5.74) is 2.42. The van der Waals surface area contributed by atoms with Crippen molar-refractivity contribution in [1.29, 1.82) is 0 Å². The topological polar surface area (TPSA) is 285 Å². The number of aromatic hydroxyl groups is 1. The fraction of sp³-hybridized carbons (Fsp3) is 0.477. The third-order valence-corrected chi connectivity index (χ3v) is 25.0. The Kier molecular flexibility index (Phi) is 14.3. The van der Waals surface area contributed by atoms with Gasteiger partial charge >= 0.3 is 0 Å². The third kappa shape index (κ3) is 8.58. The van der Waals surface area contributed by atoms with Crippen LogP contribution in [0.2, 0.25) is 18.1 Å². The number of hydrogen-bond donors (Lipinski definition) is 5. The first-order chi connectivity index (χ1) is 40.7. The lowest BCUT2D eigenvalue weighted by Gasteiger charge is -2.56. The standard InChI is InChI=1S/C38H47N3O6Si.C27H31N5O7/c1-22-16-17-26(40(5)6)24-18-36-19-25-29(41(7)8)30-28(33(39-46-30)45-20-23-14-12-11-13-15-23)32(43)38(25,47-48(9,10)35(2,3)4)34(44)37(36,21-36)31(42)27(22)24;1-30(2)15-5-6-16(33)17-13(15)9-26(11-32-8-7-29-12-32)10-14-20(31(3)4)22(35)18(25(28)38)23(36)27(14,39)24(37)19(26)21(17)34/h11-17,25,29H,18-21H2,1-10H3;5-8,12,14,20,33-34,36,39H,9-11H2,1-4H3,(H2,28,38)/t25-,29-,36-,37+,38+;14-,20-,26-,27+/m00/s1. The Bertz CT molecular complexity index is 3820. The van der Waals surface area contributed by atoms with E-state index in [1.807, 2.05) is 100 Å². The maximum Gasteiger partial charge on any atom is 0.265 e. The number of nitrogens with two attached hydrogens (primary N) is 1. The highest BCUT2D eigenvalue weighted by Crippen LogP contribution is 2.79. The molecule has 2 aromatic heterocycles. The number of aliphatic hydroxyl groups is 3. The molecule has 22 heteroatoms. The number of amides is 1. The summed E-state index contributed by atoms with van der Waals surface area (Å²) < 4.78 is 21.2. The van der Waals surface area contributed by atoms with Gasteiger partial charge < -0.3 is 54.2 Å². The monoisotopic (exact) mass is 1210 g/mol. The number of primary amides is 1. The molecule has 0 saturated heterocycles. The smallest absolute Gasteiger partial charge is 0.265 e. The van der Waals surface area contributed by atoms with E-state index in [-0.39, 0.29) is 70.9 Å².